The van der Waals surface area contributed by atoms with Gasteiger partial charge in [0.05, 0.1) is 12.2 Å². The third kappa shape index (κ3) is 3.37. The Morgan fingerprint density at radius 3 is 1.79 bits per heavy atom. The van der Waals surface area contributed by atoms with Gasteiger partial charge in [0.15, 0.2) is 0 Å². The summed E-state index contributed by atoms with van der Waals surface area (Å²) in [5, 5.41) is 13.7. The number of hydrogen-bond donors (Lipinski definition) is 1. The SMILES string of the molecule is C=C(C)[C@H]1C[Si](c2ccccc2)(c2ccccc2)O[C@@H](c2ccccc2)[C@H]1O. The zero-order chi connectivity index (χ0) is 19.6. The fraction of sp³-hybridized carbons (Fsp3) is 0.200. The lowest BCUT2D eigenvalue weighted by Gasteiger charge is -2.47. The van der Waals surface area contributed by atoms with E-state index in [1.165, 1.54) is 10.4 Å². The lowest BCUT2D eigenvalue weighted by Crippen LogP contribution is -2.66. The summed E-state index contributed by atoms with van der Waals surface area (Å²) in [4.78, 5) is 0. The smallest absolute Gasteiger partial charge is 0.257 e. The Hall–Kier alpha value is -2.46. The summed E-state index contributed by atoms with van der Waals surface area (Å²) in [6.07, 6.45) is -0.975. The standard InChI is InChI=1S/C25H26O2Si/c1-19(2)23-18-28(21-14-8-4-9-15-21,22-16-10-5-11-17-22)27-25(24(23)26)20-12-6-3-7-13-20/h3-17,23-26H,1,18H2,2H3/t23-,24+,25+/m1/s1. The van der Waals surface area contributed by atoms with E-state index >= 15 is 0 Å². The Morgan fingerprint density at radius 2 is 1.32 bits per heavy atom. The van der Waals surface area contributed by atoms with Crippen molar-refractivity contribution in [3.63, 3.8) is 0 Å². The molecule has 0 bridgehead atoms. The van der Waals surface area contributed by atoms with E-state index in [4.69, 9.17) is 4.43 Å². The monoisotopic (exact) mass is 386 g/mol. The van der Waals surface area contributed by atoms with E-state index in [9.17, 15) is 5.11 Å². The van der Waals surface area contributed by atoms with Gasteiger partial charge >= 0.3 is 0 Å². The first-order valence-electron chi connectivity index (χ1n) is 9.79. The predicted octanol–water partition coefficient (Wildman–Crippen LogP) is 4.07. The maximum Gasteiger partial charge on any atom is 0.257 e. The summed E-state index contributed by atoms with van der Waals surface area (Å²) in [6.45, 7) is 6.24. The Kier molecular flexibility index (Phi) is 5.31. The average Bonchev–Trinajstić information content (AvgIpc) is 2.76. The molecule has 0 unspecified atom stereocenters. The van der Waals surface area contributed by atoms with Gasteiger partial charge in [-0.05, 0) is 28.9 Å². The third-order valence-electron chi connectivity index (χ3n) is 5.80. The quantitative estimate of drug-likeness (QED) is 0.541. The summed E-state index contributed by atoms with van der Waals surface area (Å²) >= 11 is 0. The maximum absolute atomic E-state index is 11.2. The minimum atomic E-state index is -2.57. The van der Waals surface area contributed by atoms with Gasteiger partial charge in [0.1, 0.15) is 0 Å². The van der Waals surface area contributed by atoms with Crippen LogP contribution in [-0.4, -0.2) is 19.5 Å². The van der Waals surface area contributed by atoms with Crippen molar-refractivity contribution < 1.29 is 9.53 Å². The van der Waals surface area contributed by atoms with Gasteiger partial charge in [0, 0.05) is 5.92 Å². The Balaban J connectivity index is 1.90. The molecule has 0 radical (unpaired) electrons. The molecule has 0 amide bonds. The van der Waals surface area contributed by atoms with Crippen LogP contribution < -0.4 is 10.4 Å². The van der Waals surface area contributed by atoms with Crippen LogP contribution in [0, 0.1) is 5.92 Å². The fourth-order valence-electron chi connectivity index (χ4n) is 4.30. The number of aliphatic hydroxyl groups is 1. The van der Waals surface area contributed by atoms with Gasteiger partial charge < -0.3 is 9.53 Å². The summed E-state index contributed by atoms with van der Waals surface area (Å²) in [5.74, 6) is -0.00830. The number of benzene rings is 3. The number of hydrogen-bond acceptors (Lipinski definition) is 2. The van der Waals surface area contributed by atoms with Crippen LogP contribution in [0.15, 0.2) is 103 Å². The lowest BCUT2D eigenvalue weighted by molar-refractivity contribution is -0.0119. The highest BCUT2D eigenvalue weighted by atomic mass is 28.4. The minimum absolute atomic E-state index is 0.00830. The molecule has 1 aliphatic heterocycles. The summed E-state index contributed by atoms with van der Waals surface area (Å²) in [7, 11) is -2.57. The summed E-state index contributed by atoms with van der Waals surface area (Å²) in [5.41, 5.74) is 2.03. The molecule has 1 heterocycles. The van der Waals surface area contributed by atoms with Gasteiger partial charge in [-0.1, -0.05) is 103 Å². The molecular formula is C25H26O2Si. The van der Waals surface area contributed by atoms with Crippen molar-refractivity contribution in [2.75, 3.05) is 0 Å². The number of rotatable bonds is 4. The first-order chi connectivity index (χ1) is 13.6. The van der Waals surface area contributed by atoms with Crippen molar-refractivity contribution in [3.05, 3.63) is 109 Å². The van der Waals surface area contributed by atoms with Crippen LogP contribution >= 0.6 is 0 Å². The molecule has 0 aliphatic carbocycles. The van der Waals surface area contributed by atoms with Crippen molar-refractivity contribution in [1.29, 1.82) is 0 Å². The van der Waals surface area contributed by atoms with E-state index in [1.807, 2.05) is 49.4 Å². The molecule has 1 saturated heterocycles. The predicted molar refractivity (Wildman–Crippen MR) is 117 cm³/mol. The molecule has 1 aliphatic rings. The molecule has 3 atom stereocenters. The van der Waals surface area contributed by atoms with E-state index in [-0.39, 0.29) is 12.0 Å². The maximum atomic E-state index is 11.2. The summed E-state index contributed by atoms with van der Waals surface area (Å²) in [6, 6.07) is 32.0. The summed E-state index contributed by atoms with van der Waals surface area (Å²) < 4.78 is 6.97. The van der Waals surface area contributed by atoms with E-state index in [0.717, 1.165) is 17.2 Å². The van der Waals surface area contributed by atoms with Gasteiger partial charge in [0.25, 0.3) is 8.32 Å². The zero-order valence-corrected chi connectivity index (χ0v) is 17.2. The molecule has 3 aromatic carbocycles. The van der Waals surface area contributed by atoms with E-state index in [0.29, 0.717) is 0 Å². The fourth-order valence-corrected chi connectivity index (χ4v) is 8.86. The van der Waals surface area contributed by atoms with Gasteiger partial charge in [0.2, 0.25) is 0 Å². The molecule has 1 fully saturated rings. The molecular weight excluding hydrogens is 360 g/mol. The molecule has 0 spiro atoms. The molecule has 2 nitrogen and oxygen atoms in total. The highest BCUT2D eigenvalue weighted by molar-refractivity contribution is 6.97. The Labute approximate surface area is 168 Å². The lowest BCUT2D eigenvalue weighted by atomic mass is 9.90. The average molecular weight is 387 g/mol. The Morgan fingerprint density at radius 1 is 0.857 bits per heavy atom. The van der Waals surface area contributed by atoms with Crippen molar-refractivity contribution in [3.8, 4) is 0 Å². The largest absolute Gasteiger partial charge is 0.398 e. The number of aliphatic hydroxyl groups excluding tert-OH is 1. The molecule has 0 saturated carbocycles. The molecule has 28 heavy (non-hydrogen) atoms. The Bertz CT molecular complexity index is 885. The highest BCUT2D eigenvalue weighted by Gasteiger charge is 2.51. The second-order valence-electron chi connectivity index (χ2n) is 7.66. The van der Waals surface area contributed by atoms with Crippen LogP contribution in [0.3, 0.4) is 0 Å². The van der Waals surface area contributed by atoms with Crippen LogP contribution in [0.1, 0.15) is 18.6 Å². The van der Waals surface area contributed by atoms with Gasteiger partial charge in [-0.3, -0.25) is 0 Å². The molecule has 142 valence electrons. The highest BCUT2D eigenvalue weighted by Crippen LogP contribution is 2.41. The van der Waals surface area contributed by atoms with Crippen LogP contribution in [0.4, 0.5) is 0 Å². The van der Waals surface area contributed by atoms with Crippen molar-refractivity contribution >= 4 is 18.7 Å². The van der Waals surface area contributed by atoms with Gasteiger partial charge in [-0.2, -0.15) is 0 Å². The molecule has 0 aromatic heterocycles. The molecule has 1 N–H and O–H groups in total. The first kappa shape index (κ1) is 18.9. The van der Waals surface area contributed by atoms with Crippen LogP contribution in [0.25, 0.3) is 0 Å². The van der Waals surface area contributed by atoms with Crippen LogP contribution in [-0.2, 0) is 4.43 Å². The van der Waals surface area contributed by atoms with Crippen LogP contribution in [0.5, 0.6) is 0 Å². The van der Waals surface area contributed by atoms with Crippen molar-refractivity contribution in [2.24, 2.45) is 5.92 Å². The topological polar surface area (TPSA) is 29.5 Å². The van der Waals surface area contributed by atoms with Crippen molar-refractivity contribution in [1.82, 2.24) is 0 Å². The third-order valence-corrected chi connectivity index (χ3v) is 10.0. The molecule has 3 aromatic rings. The second kappa shape index (κ2) is 7.88. The van der Waals surface area contributed by atoms with Crippen LogP contribution in [0.2, 0.25) is 6.04 Å². The van der Waals surface area contributed by atoms with Gasteiger partial charge in [-0.15, -0.1) is 0 Å². The molecule has 4 rings (SSSR count). The molecule has 3 heteroatoms. The van der Waals surface area contributed by atoms with E-state index < -0.39 is 14.4 Å². The normalized spacial score (nSPS) is 23.9. The second-order valence-corrected chi connectivity index (χ2v) is 11.1. The van der Waals surface area contributed by atoms with Crippen molar-refractivity contribution in [2.45, 2.75) is 25.2 Å². The van der Waals surface area contributed by atoms with E-state index in [1.54, 1.807) is 0 Å². The van der Waals surface area contributed by atoms with E-state index in [2.05, 4.69) is 55.1 Å². The van der Waals surface area contributed by atoms with Gasteiger partial charge in [-0.25, -0.2) is 0 Å². The minimum Gasteiger partial charge on any atom is -0.398 e. The zero-order valence-electron chi connectivity index (χ0n) is 16.2. The first-order valence-corrected chi connectivity index (χ1v) is 11.9.